The Balaban J connectivity index is -0.000000799. The molecule has 0 spiro atoms. The van der Waals surface area contributed by atoms with Crippen LogP contribution in [0.15, 0.2) is 0 Å². The smallest absolute Gasteiger partial charge is 0.0701 e. The minimum atomic E-state index is -0.397. The first-order chi connectivity index (χ1) is 33.4. The van der Waals surface area contributed by atoms with Gasteiger partial charge in [-0.05, 0) is 95.9 Å². The van der Waals surface area contributed by atoms with Crippen LogP contribution in [-0.4, -0.2) is 224 Å². The van der Waals surface area contributed by atoms with Gasteiger partial charge in [-0.2, -0.15) is 0 Å². The van der Waals surface area contributed by atoms with E-state index in [0.29, 0.717) is 105 Å². The SMILES string of the molecule is CC(C)(C)OC(=O)N1CC[N-]CC1.CC(C)(C)OC(=O)N1CC[N-]CC1.CC(C)(C)OC(=O)N1CC[N-]CC1.CC(C)(C)OC(=O)N1CC[N-]CC1.[Cl][Pt].[Cl][Pt].[NH-]CCCOCCOCCOCCC[NH-]. The van der Waals surface area contributed by atoms with Crippen molar-refractivity contribution in [3.8, 4) is 0 Å². The second-order valence-electron chi connectivity index (χ2n) is 19.6. The molecule has 0 atom stereocenters. The fourth-order valence-electron chi connectivity index (χ4n) is 5.35. The standard InChI is InChI=1S/C10H22N2O3.4C9H17N2O2.2ClH.2Pt/c11-3-1-5-13-7-9-15-10-8-14-6-2-4-12;4*1-9(2,3)13-8(12)11-6-4-10-5-7-11;;;;/h11-12H,1-10H2;4*4-7H2,1-3H3;2*1H;;/q-2;4*-1;;;2*+1/p-2. The van der Waals surface area contributed by atoms with Crippen LogP contribution >= 0.6 is 18.8 Å². The number of piperazine rings is 4. The second kappa shape index (κ2) is 44.9. The molecule has 0 aromatic rings. The molecule has 25 heteroatoms. The summed E-state index contributed by atoms with van der Waals surface area (Å²) < 4.78 is 36.6. The molecule has 4 rings (SSSR count). The summed E-state index contributed by atoms with van der Waals surface area (Å²) in [5.74, 6) is 0. The summed E-state index contributed by atoms with van der Waals surface area (Å²) in [5.41, 5.74) is 12.2. The van der Waals surface area contributed by atoms with Gasteiger partial charge in [0, 0.05) is 65.6 Å². The van der Waals surface area contributed by atoms with Gasteiger partial charge in [0.15, 0.2) is 0 Å². The summed E-state index contributed by atoms with van der Waals surface area (Å²) in [6.07, 6.45) is 0.696. The van der Waals surface area contributed by atoms with E-state index in [4.69, 9.17) is 44.6 Å². The van der Waals surface area contributed by atoms with Crippen molar-refractivity contribution in [3.63, 3.8) is 0 Å². The summed E-state index contributed by atoms with van der Waals surface area (Å²) in [6.45, 7) is 38.4. The molecule has 4 amide bonds. The summed E-state index contributed by atoms with van der Waals surface area (Å²) in [7, 11) is 9.22. The molecule has 4 fully saturated rings. The number of rotatable bonds is 12. The zero-order chi connectivity index (χ0) is 54.8. The van der Waals surface area contributed by atoms with Crippen molar-refractivity contribution in [1.82, 2.24) is 19.6 Å². The van der Waals surface area contributed by atoms with Crippen molar-refractivity contribution < 1.29 is 89.9 Å². The molecule has 21 nitrogen and oxygen atoms in total. The van der Waals surface area contributed by atoms with Crippen molar-refractivity contribution in [2.75, 3.05) is 157 Å². The first-order valence-electron chi connectivity index (χ1n) is 24.1. The van der Waals surface area contributed by atoms with Crippen LogP contribution < -0.4 is 0 Å². The Morgan fingerprint density at radius 1 is 0.380 bits per heavy atom. The second-order valence-corrected chi connectivity index (χ2v) is 19.6. The molecule has 2 N–H and O–H groups in total. The van der Waals surface area contributed by atoms with Crippen molar-refractivity contribution in [2.45, 2.75) is 118 Å². The zero-order valence-electron chi connectivity index (χ0n) is 44.8. The van der Waals surface area contributed by atoms with E-state index in [0.717, 1.165) is 65.2 Å². The molecule has 0 aliphatic carbocycles. The minimum Gasteiger partial charge on any atom is -0.677 e. The Bertz CT molecular complexity index is 1130. The molecule has 4 heterocycles. The maximum Gasteiger partial charge on any atom is 0.0701 e. The van der Waals surface area contributed by atoms with Crippen LogP contribution in [0.25, 0.3) is 32.7 Å². The number of carbonyl (C=O) groups is 4. The fraction of sp³-hybridized carbons (Fsp3) is 0.913. The van der Waals surface area contributed by atoms with E-state index >= 15 is 0 Å². The Kier molecular flexibility index (Phi) is 46.8. The molecule has 430 valence electrons. The number of nitrogens with one attached hydrogen (secondary N) is 2. The largest absolute Gasteiger partial charge is 0.677 e. The van der Waals surface area contributed by atoms with Gasteiger partial charge in [0.25, 0.3) is 0 Å². The molecular weight excluding hydrogens is 1330 g/mol. The van der Waals surface area contributed by atoms with Gasteiger partial charge in [-0.25, -0.2) is 19.2 Å². The molecule has 4 saturated heterocycles. The quantitative estimate of drug-likeness (QED) is 0.131. The van der Waals surface area contributed by atoms with Gasteiger partial charge < -0.3 is 85.5 Å². The van der Waals surface area contributed by atoms with Crippen LogP contribution in [0.5, 0.6) is 0 Å². The first-order valence-corrected chi connectivity index (χ1v) is 29.7. The van der Waals surface area contributed by atoms with E-state index in [1.54, 1.807) is 57.1 Å². The zero-order valence-corrected chi connectivity index (χ0v) is 50.9. The molecule has 0 radical (unpaired) electrons. The van der Waals surface area contributed by atoms with Crippen LogP contribution in [0, 0.1) is 0 Å². The van der Waals surface area contributed by atoms with Gasteiger partial charge in [0.05, 0.1) is 26.4 Å². The number of ether oxygens (including phenoxy) is 7. The van der Waals surface area contributed by atoms with Crippen molar-refractivity contribution >= 4 is 43.2 Å². The van der Waals surface area contributed by atoms with Gasteiger partial charge >= 0.3 is 80.8 Å². The van der Waals surface area contributed by atoms with Gasteiger partial charge in [0.2, 0.25) is 0 Å². The Morgan fingerprint density at radius 2 is 0.549 bits per heavy atom. The molecule has 0 saturated carbocycles. The predicted molar refractivity (Wildman–Crippen MR) is 275 cm³/mol. The molecule has 0 unspecified atom stereocenters. The Hall–Kier alpha value is -1.32. The van der Waals surface area contributed by atoms with Crippen LogP contribution in [-0.2, 0) is 70.7 Å². The topological polar surface area (TPSA) is 250 Å². The Labute approximate surface area is 458 Å². The molecule has 0 aromatic carbocycles. The van der Waals surface area contributed by atoms with E-state index in [9.17, 15) is 19.2 Å². The minimum absolute atomic E-state index is 0.220. The van der Waals surface area contributed by atoms with Gasteiger partial charge in [-0.3, -0.25) is 0 Å². The van der Waals surface area contributed by atoms with E-state index in [2.05, 4.69) is 40.1 Å². The summed E-state index contributed by atoms with van der Waals surface area (Å²) in [5, 5.41) is 16.6. The molecule has 0 aromatic heterocycles. The van der Waals surface area contributed by atoms with E-state index in [1.807, 2.05) is 83.1 Å². The fourth-order valence-corrected chi connectivity index (χ4v) is 5.35. The number of hydrogen-bond acceptors (Lipinski definition) is 11. The number of hydrogen-bond donors (Lipinski definition) is 0. The van der Waals surface area contributed by atoms with Crippen molar-refractivity contribution in [2.24, 2.45) is 0 Å². The maximum atomic E-state index is 11.5. The van der Waals surface area contributed by atoms with Crippen LogP contribution in [0.1, 0.15) is 95.9 Å². The first kappa shape index (κ1) is 73.9. The number of nitrogens with zero attached hydrogens (tertiary/aromatic N) is 8. The molecule has 0 bridgehead atoms. The number of carbonyl (C=O) groups excluding carboxylic acids is 4. The van der Waals surface area contributed by atoms with Crippen LogP contribution in [0.4, 0.5) is 19.2 Å². The summed E-state index contributed by atoms with van der Waals surface area (Å²) in [6, 6.07) is 0. The van der Waals surface area contributed by atoms with Crippen molar-refractivity contribution in [3.05, 3.63) is 32.7 Å². The van der Waals surface area contributed by atoms with Gasteiger partial charge in [-0.1, -0.05) is 0 Å². The summed E-state index contributed by atoms with van der Waals surface area (Å²) in [4.78, 5) is 52.7. The van der Waals surface area contributed by atoms with E-state index in [1.165, 1.54) is 0 Å². The van der Waals surface area contributed by atoms with E-state index in [-0.39, 0.29) is 24.4 Å². The van der Waals surface area contributed by atoms with Crippen LogP contribution in [0.3, 0.4) is 0 Å². The average Bonchev–Trinajstić information content (AvgIpc) is 3.32. The third-order valence-corrected chi connectivity index (χ3v) is 8.51. The molecule has 4 aliphatic rings. The molecule has 4 aliphatic heterocycles. The van der Waals surface area contributed by atoms with Crippen molar-refractivity contribution in [1.29, 1.82) is 0 Å². The van der Waals surface area contributed by atoms with Gasteiger partial charge in [0.1, 0.15) is 22.4 Å². The number of amides is 4. The molecular formula is C46H90Cl2N10O11Pt2-6. The number of halogens is 2. The average molecular weight is 1420 g/mol. The van der Waals surface area contributed by atoms with Crippen LogP contribution in [0.2, 0.25) is 0 Å². The summed E-state index contributed by atoms with van der Waals surface area (Å²) >= 11 is 3.22. The normalized spacial score (nSPS) is 16.1. The monoisotopic (exact) mass is 1420 g/mol. The van der Waals surface area contributed by atoms with Gasteiger partial charge in [-0.15, -0.1) is 65.4 Å². The third kappa shape index (κ3) is 49.3. The van der Waals surface area contributed by atoms with E-state index < -0.39 is 22.4 Å². The predicted octanol–water partition coefficient (Wildman–Crippen LogP) is 9.74. The molecule has 71 heavy (non-hydrogen) atoms. The third-order valence-electron chi connectivity index (χ3n) is 8.51. The Morgan fingerprint density at radius 3 is 0.704 bits per heavy atom. The maximum absolute atomic E-state index is 11.5.